The highest BCUT2D eigenvalue weighted by molar-refractivity contribution is 5.69. The molecule has 1 spiro atoms. The van der Waals surface area contributed by atoms with Gasteiger partial charge in [0.2, 0.25) is 6.10 Å². The molecule has 264 valence electrons. The van der Waals surface area contributed by atoms with Crippen molar-refractivity contribution in [3.63, 3.8) is 0 Å². The van der Waals surface area contributed by atoms with Crippen LogP contribution in [0.3, 0.4) is 0 Å². The zero-order valence-electron chi connectivity index (χ0n) is 28.6. The molecule has 4 aromatic rings. The van der Waals surface area contributed by atoms with Gasteiger partial charge in [-0.25, -0.2) is 0 Å². The van der Waals surface area contributed by atoms with Crippen LogP contribution in [-0.4, -0.2) is 60.9 Å². The van der Waals surface area contributed by atoms with Crippen LogP contribution < -0.4 is 0 Å². The number of hydrogen-bond donors (Lipinski definition) is 0. The molecule has 2 aliphatic rings. The molecule has 2 saturated heterocycles. The van der Waals surface area contributed by atoms with Gasteiger partial charge in [-0.2, -0.15) is 0 Å². The zero-order chi connectivity index (χ0) is 36.2. The second-order valence-corrected chi connectivity index (χ2v) is 12.3. The van der Waals surface area contributed by atoms with Crippen molar-refractivity contribution in [1.29, 1.82) is 0 Å². The molecule has 51 heavy (non-hydrogen) atoms. The van der Waals surface area contributed by atoms with Crippen LogP contribution in [0.2, 0.25) is 0 Å². The summed E-state index contributed by atoms with van der Waals surface area (Å²) in [5.74, 6) is -5.41. The van der Waals surface area contributed by atoms with E-state index in [4.69, 9.17) is 33.2 Å². The van der Waals surface area contributed by atoms with Crippen molar-refractivity contribution in [2.24, 2.45) is 0 Å². The Bertz CT molecular complexity index is 1680. The standard InChI is InChI=1S/C40H38O11/c1-26(41)45-25-34-35(46-27(2)42)36(47-28(3)43)37(48-29(4)44)40(49-34)50-38(30-17-9-5-10-18-30,31-19-11-6-12-20-31)39(51-40,32-21-13-7-14-22-32)33-23-15-8-16-24-33/h5-24,34-37H,25H2,1-4H3/t34-,35-,36+,37-/m1/s1. The van der Waals surface area contributed by atoms with Gasteiger partial charge in [-0.05, 0) is 22.3 Å². The Kier molecular flexibility index (Phi) is 10.1. The molecule has 2 aliphatic heterocycles. The van der Waals surface area contributed by atoms with E-state index in [0.29, 0.717) is 22.3 Å². The number of rotatable bonds is 9. The van der Waals surface area contributed by atoms with Crippen molar-refractivity contribution in [2.75, 3.05) is 6.61 Å². The van der Waals surface area contributed by atoms with Crippen LogP contribution >= 0.6 is 0 Å². The highest BCUT2D eigenvalue weighted by Crippen LogP contribution is 2.64. The summed E-state index contributed by atoms with van der Waals surface area (Å²) < 4.78 is 44.4. The fraction of sp³-hybridized carbons (Fsp3) is 0.300. The third-order valence-corrected chi connectivity index (χ3v) is 8.81. The Morgan fingerprint density at radius 2 is 0.863 bits per heavy atom. The summed E-state index contributed by atoms with van der Waals surface area (Å²) >= 11 is 0. The molecular weight excluding hydrogens is 656 g/mol. The lowest BCUT2D eigenvalue weighted by atomic mass is 9.66. The fourth-order valence-corrected chi connectivity index (χ4v) is 7.06. The molecule has 11 nitrogen and oxygen atoms in total. The molecule has 2 fully saturated rings. The maximum Gasteiger partial charge on any atom is 0.329 e. The first kappa shape index (κ1) is 35.5. The van der Waals surface area contributed by atoms with E-state index >= 15 is 0 Å². The molecule has 0 aromatic heterocycles. The molecule has 0 radical (unpaired) electrons. The number of hydrogen-bond acceptors (Lipinski definition) is 11. The Labute approximate surface area is 295 Å². The Balaban J connectivity index is 1.74. The van der Waals surface area contributed by atoms with E-state index in [2.05, 4.69) is 0 Å². The predicted molar refractivity (Wildman–Crippen MR) is 180 cm³/mol. The topological polar surface area (TPSA) is 133 Å². The average molecular weight is 695 g/mol. The van der Waals surface area contributed by atoms with Crippen molar-refractivity contribution in [1.82, 2.24) is 0 Å². The SMILES string of the molecule is CC(=O)OC[C@H]1OC2(OC(c3ccccc3)(c3ccccc3)C(c3ccccc3)(c3ccccc3)O2)[C@H](OC(C)=O)[C@@H](OC(C)=O)[C@@H]1OC(C)=O. The van der Waals surface area contributed by atoms with Crippen molar-refractivity contribution >= 4 is 23.9 Å². The molecule has 4 atom stereocenters. The van der Waals surface area contributed by atoms with Gasteiger partial charge in [-0.1, -0.05) is 121 Å². The third-order valence-electron chi connectivity index (χ3n) is 8.81. The van der Waals surface area contributed by atoms with Crippen LogP contribution in [0, 0.1) is 0 Å². The van der Waals surface area contributed by atoms with Crippen LogP contribution in [0.1, 0.15) is 49.9 Å². The molecule has 6 rings (SSSR count). The second kappa shape index (κ2) is 14.5. The van der Waals surface area contributed by atoms with E-state index in [1.807, 2.05) is 121 Å². The normalized spacial score (nSPS) is 22.7. The number of carbonyl (C=O) groups is 4. The molecule has 0 saturated carbocycles. The molecule has 0 unspecified atom stereocenters. The highest BCUT2D eigenvalue weighted by atomic mass is 16.9. The molecule has 0 amide bonds. The maximum atomic E-state index is 13.0. The first-order valence-corrected chi connectivity index (χ1v) is 16.5. The van der Waals surface area contributed by atoms with Crippen LogP contribution in [0.25, 0.3) is 0 Å². The third kappa shape index (κ3) is 6.51. The van der Waals surface area contributed by atoms with Gasteiger partial charge in [0.05, 0.1) is 0 Å². The molecule has 0 N–H and O–H groups in total. The van der Waals surface area contributed by atoms with Crippen molar-refractivity contribution in [2.45, 2.75) is 69.3 Å². The van der Waals surface area contributed by atoms with Gasteiger partial charge in [0, 0.05) is 27.7 Å². The molecule has 4 aromatic carbocycles. The summed E-state index contributed by atoms with van der Waals surface area (Å²) in [6.45, 7) is 4.22. The van der Waals surface area contributed by atoms with Gasteiger partial charge >= 0.3 is 29.9 Å². The smallest absolute Gasteiger partial charge is 0.329 e. The lowest BCUT2D eigenvalue weighted by Crippen LogP contribution is -2.69. The number of ether oxygens (including phenoxy) is 7. The Hall–Kier alpha value is -5.36. The van der Waals surface area contributed by atoms with Crippen LogP contribution in [-0.2, 0) is 63.5 Å². The molecule has 11 heteroatoms. The van der Waals surface area contributed by atoms with Crippen LogP contribution in [0.4, 0.5) is 0 Å². The Morgan fingerprint density at radius 1 is 0.510 bits per heavy atom. The van der Waals surface area contributed by atoms with E-state index in [9.17, 15) is 19.2 Å². The first-order chi connectivity index (χ1) is 24.5. The Morgan fingerprint density at radius 3 is 1.20 bits per heavy atom. The summed E-state index contributed by atoms with van der Waals surface area (Å²) in [6.07, 6.45) is -6.03. The van der Waals surface area contributed by atoms with Crippen molar-refractivity contribution in [3.8, 4) is 0 Å². The van der Waals surface area contributed by atoms with E-state index in [-0.39, 0.29) is 0 Å². The average Bonchev–Trinajstić information content (AvgIpc) is 3.44. The summed E-state index contributed by atoms with van der Waals surface area (Å²) in [4.78, 5) is 50.4. The van der Waals surface area contributed by atoms with Crippen molar-refractivity contribution < 1.29 is 52.3 Å². The largest absolute Gasteiger partial charge is 0.463 e. The minimum Gasteiger partial charge on any atom is -0.463 e. The van der Waals surface area contributed by atoms with Gasteiger partial charge in [0.25, 0.3) is 0 Å². The van der Waals surface area contributed by atoms with Crippen LogP contribution in [0.15, 0.2) is 121 Å². The summed E-state index contributed by atoms with van der Waals surface area (Å²) in [5.41, 5.74) is -0.723. The number of benzene rings is 4. The van der Waals surface area contributed by atoms with E-state index in [1.165, 1.54) is 13.8 Å². The van der Waals surface area contributed by atoms with Gasteiger partial charge in [0.15, 0.2) is 23.4 Å². The maximum absolute atomic E-state index is 13.0. The number of carbonyl (C=O) groups excluding carboxylic acids is 4. The van der Waals surface area contributed by atoms with E-state index in [1.54, 1.807) is 0 Å². The minimum atomic E-state index is -2.41. The quantitative estimate of drug-likeness (QED) is 0.166. The van der Waals surface area contributed by atoms with Crippen molar-refractivity contribution in [3.05, 3.63) is 144 Å². The van der Waals surface area contributed by atoms with Gasteiger partial charge in [-0.15, -0.1) is 0 Å². The van der Waals surface area contributed by atoms with Gasteiger partial charge in [-0.3, -0.25) is 19.2 Å². The van der Waals surface area contributed by atoms with Gasteiger partial charge < -0.3 is 33.2 Å². The zero-order valence-corrected chi connectivity index (χ0v) is 28.6. The summed E-state index contributed by atoms with van der Waals surface area (Å²) in [5, 5.41) is 0. The molecule has 0 bridgehead atoms. The van der Waals surface area contributed by atoms with Gasteiger partial charge in [0.1, 0.15) is 12.7 Å². The molecule has 2 heterocycles. The lowest BCUT2D eigenvalue weighted by molar-refractivity contribution is -0.441. The molecule has 0 aliphatic carbocycles. The highest BCUT2D eigenvalue weighted by Gasteiger charge is 2.77. The summed E-state index contributed by atoms with van der Waals surface area (Å²) in [7, 11) is 0. The lowest BCUT2D eigenvalue weighted by Gasteiger charge is -2.48. The second-order valence-electron chi connectivity index (χ2n) is 12.3. The summed E-state index contributed by atoms with van der Waals surface area (Å²) in [6, 6.07) is 37.5. The first-order valence-electron chi connectivity index (χ1n) is 16.5. The molecular formula is C40H38O11. The van der Waals surface area contributed by atoms with Crippen LogP contribution in [0.5, 0.6) is 0 Å². The van der Waals surface area contributed by atoms with E-state index < -0.39 is 72.1 Å². The number of esters is 4. The van der Waals surface area contributed by atoms with E-state index in [0.717, 1.165) is 13.8 Å². The minimum absolute atomic E-state index is 0.473. The predicted octanol–water partition coefficient (Wildman–Crippen LogP) is 5.33. The fourth-order valence-electron chi connectivity index (χ4n) is 7.06. The monoisotopic (exact) mass is 694 g/mol.